The van der Waals surface area contributed by atoms with Crippen LogP contribution in [-0.4, -0.2) is 20.1 Å². The predicted molar refractivity (Wildman–Crippen MR) is 63.9 cm³/mol. The second kappa shape index (κ2) is 4.54. The molecule has 0 fully saturated rings. The van der Waals surface area contributed by atoms with Crippen molar-refractivity contribution in [2.24, 2.45) is 7.05 Å². The topological polar surface area (TPSA) is 50.9 Å². The molecule has 0 aliphatic carbocycles. The van der Waals surface area contributed by atoms with Gasteiger partial charge in [-0.3, -0.25) is 0 Å². The zero-order chi connectivity index (χ0) is 12.6. The average molecular weight is 300 g/mol. The number of benzene rings is 1. The molecule has 1 heterocycles. The summed E-state index contributed by atoms with van der Waals surface area (Å²) < 4.78 is 15.5. The molecule has 0 saturated carbocycles. The average Bonchev–Trinajstić information content (AvgIpc) is 2.61. The lowest BCUT2D eigenvalue weighted by Gasteiger charge is -2.13. The Balaban J connectivity index is 2.50. The molecule has 1 aromatic carbocycles. The van der Waals surface area contributed by atoms with Crippen molar-refractivity contribution < 1.29 is 9.50 Å². The lowest BCUT2D eigenvalue weighted by Crippen LogP contribution is -2.09. The number of halogens is 2. The number of aliphatic hydroxyl groups excluding tert-OH is 1. The van der Waals surface area contributed by atoms with Crippen molar-refractivity contribution in [1.29, 1.82) is 0 Å². The molecule has 1 N–H and O–H groups in total. The van der Waals surface area contributed by atoms with Gasteiger partial charge in [0.2, 0.25) is 0 Å². The van der Waals surface area contributed by atoms with Crippen LogP contribution in [0.2, 0.25) is 0 Å². The summed E-state index contributed by atoms with van der Waals surface area (Å²) in [7, 11) is 1.64. The molecule has 4 nitrogen and oxygen atoms in total. The van der Waals surface area contributed by atoms with E-state index in [1.165, 1.54) is 10.7 Å². The van der Waals surface area contributed by atoms with E-state index in [-0.39, 0.29) is 5.56 Å². The third kappa shape index (κ3) is 2.23. The van der Waals surface area contributed by atoms with Crippen LogP contribution in [0.4, 0.5) is 4.39 Å². The Morgan fingerprint density at radius 3 is 2.76 bits per heavy atom. The molecule has 90 valence electrons. The second-order valence-electron chi connectivity index (χ2n) is 3.82. The van der Waals surface area contributed by atoms with Gasteiger partial charge < -0.3 is 5.11 Å². The largest absolute Gasteiger partial charge is 0.382 e. The zero-order valence-corrected chi connectivity index (χ0v) is 10.9. The number of nitrogens with zero attached hydrogens (tertiary/aromatic N) is 3. The quantitative estimate of drug-likeness (QED) is 0.924. The third-order valence-corrected chi connectivity index (χ3v) is 3.10. The first-order chi connectivity index (χ1) is 8.00. The summed E-state index contributed by atoms with van der Waals surface area (Å²) in [5.41, 5.74) is 1.53. The predicted octanol–water partition coefficient (Wildman–Crippen LogP) is 2.11. The summed E-state index contributed by atoms with van der Waals surface area (Å²) >= 11 is 3.18. The van der Waals surface area contributed by atoms with E-state index in [1.807, 2.05) is 6.92 Å². The van der Waals surface area contributed by atoms with Crippen LogP contribution in [0.25, 0.3) is 0 Å². The van der Waals surface area contributed by atoms with Crippen LogP contribution in [0.1, 0.15) is 22.9 Å². The number of hydrogen-bond donors (Lipinski definition) is 1. The molecule has 2 aromatic rings. The summed E-state index contributed by atoms with van der Waals surface area (Å²) in [6.45, 7) is 1.84. The van der Waals surface area contributed by atoms with Crippen LogP contribution in [0.15, 0.2) is 22.8 Å². The van der Waals surface area contributed by atoms with Crippen LogP contribution >= 0.6 is 15.9 Å². The van der Waals surface area contributed by atoms with Crippen molar-refractivity contribution in [2.45, 2.75) is 13.0 Å². The smallest absolute Gasteiger partial charge is 0.154 e. The van der Waals surface area contributed by atoms with Crippen molar-refractivity contribution >= 4 is 15.9 Å². The molecule has 1 aromatic heterocycles. The number of hydrogen-bond acceptors (Lipinski definition) is 3. The first-order valence-corrected chi connectivity index (χ1v) is 5.79. The van der Waals surface area contributed by atoms with Crippen molar-refractivity contribution in [3.8, 4) is 0 Å². The number of aliphatic hydroxyl groups is 1. The molecule has 0 amide bonds. The van der Waals surface area contributed by atoms with Gasteiger partial charge in [-0.2, -0.15) is 0 Å². The Hall–Kier alpha value is -1.27. The van der Waals surface area contributed by atoms with Crippen LogP contribution in [-0.2, 0) is 7.05 Å². The fourth-order valence-electron chi connectivity index (χ4n) is 1.65. The molecule has 2 rings (SSSR count). The Morgan fingerprint density at radius 2 is 2.18 bits per heavy atom. The van der Waals surface area contributed by atoms with E-state index in [4.69, 9.17) is 0 Å². The van der Waals surface area contributed by atoms with Crippen molar-refractivity contribution in [3.05, 3.63) is 45.4 Å². The summed E-state index contributed by atoms with van der Waals surface area (Å²) in [4.78, 5) is 0. The minimum absolute atomic E-state index is 0.219. The summed E-state index contributed by atoms with van der Waals surface area (Å²) in [5, 5.41) is 17.7. The highest BCUT2D eigenvalue weighted by Gasteiger charge is 2.22. The van der Waals surface area contributed by atoms with Gasteiger partial charge in [-0.1, -0.05) is 22.9 Å². The Labute approximate surface area is 106 Å². The van der Waals surface area contributed by atoms with Crippen molar-refractivity contribution in [3.63, 3.8) is 0 Å². The molecule has 0 bridgehead atoms. The van der Waals surface area contributed by atoms with E-state index >= 15 is 0 Å². The normalized spacial score (nSPS) is 12.8. The summed E-state index contributed by atoms with van der Waals surface area (Å²) in [6.07, 6.45) is -1.09. The first-order valence-electron chi connectivity index (χ1n) is 5.00. The second-order valence-corrected chi connectivity index (χ2v) is 4.57. The minimum atomic E-state index is -1.09. The molecule has 0 aliphatic rings. The molecule has 0 saturated heterocycles. The van der Waals surface area contributed by atoms with E-state index in [0.717, 1.165) is 5.56 Å². The molecular weight excluding hydrogens is 289 g/mol. The fraction of sp³-hybridized carbons (Fsp3) is 0.273. The molecule has 1 unspecified atom stereocenters. The molecule has 0 aliphatic heterocycles. The van der Waals surface area contributed by atoms with Gasteiger partial charge in [0.05, 0.1) is 0 Å². The molecule has 6 heteroatoms. The van der Waals surface area contributed by atoms with E-state index < -0.39 is 11.9 Å². The van der Waals surface area contributed by atoms with Gasteiger partial charge in [-0.05, 0) is 28.9 Å². The third-order valence-electron chi connectivity index (χ3n) is 2.53. The van der Waals surface area contributed by atoms with Gasteiger partial charge in [-0.25, -0.2) is 9.07 Å². The Morgan fingerprint density at radius 1 is 1.47 bits per heavy atom. The van der Waals surface area contributed by atoms with Gasteiger partial charge in [0.25, 0.3) is 0 Å². The molecular formula is C11H11BrFN3O. The van der Waals surface area contributed by atoms with E-state index in [0.29, 0.717) is 10.3 Å². The molecule has 0 radical (unpaired) electrons. The summed E-state index contributed by atoms with van der Waals surface area (Å²) in [6, 6.07) is 4.60. The number of rotatable bonds is 2. The fourth-order valence-corrected chi connectivity index (χ4v) is 2.19. The van der Waals surface area contributed by atoms with Crippen molar-refractivity contribution in [2.75, 3.05) is 0 Å². The van der Waals surface area contributed by atoms with Gasteiger partial charge in [0, 0.05) is 12.6 Å². The number of aromatic nitrogens is 3. The molecule has 17 heavy (non-hydrogen) atoms. The van der Waals surface area contributed by atoms with Gasteiger partial charge in [0.1, 0.15) is 17.6 Å². The van der Waals surface area contributed by atoms with Crippen LogP contribution in [0, 0.1) is 12.7 Å². The molecule has 0 spiro atoms. The van der Waals surface area contributed by atoms with Crippen LogP contribution in [0.5, 0.6) is 0 Å². The standard InChI is InChI=1S/C11H11BrFN3O/c1-6-3-4-8(13)7(5-6)10(17)9-11(12)14-15-16(9)2/h3-5,10,17H,1-2H3. The van der Waals surface area contributed by atoms with E-state index in [2.05, 4.69) is 26.2 Å². The lowest BCUT2D eigenvalue weighted by molar-refractivity contribution is 0.204. The highest BCUT2D eigenvalue weighted by atomic mass is 79.9. The van der Waals surface area contributed by atoms with Gasteiger partial charge in [-0.15, -0.1) is 5.10 Å². The van der Waals surface area contributed by atoms with E-state index in [1.54, 1.807) is 19.2 Å². The zero-order valence-electron chi connectivity index (χ0n) is 9.35. The Kier molecular flexibility index (Phi) is 3.26. The number of aryl methyl sites for hydroxylation is 2. The van der Waals surface area contributed by atoms with Gasteiger partial charge >= 0.3 is 0 Å². The van der Waals surface area contributed by atoms with Gasteiger partial charge in [0.15, 0.2) is 4.60 Å². The maximum absolute atomic E-state index is 13.6. The Bertz CT molecular complexity index is 536. The highest BCUT2D eigenvalue weighted by molar-refractivity contribution is 9.10. The van der Waals surface area contributed by atoms with Crippen molar-refractivity contribution in [1.82, 2.24) is 15.0 Å². The first kappa shape index (κ1) is 12.2. The SMILES string of the molecule is Cc1ccc(F)c(C(O)c2c(Br)nnn2C)c1. The maximum atomic E-state index is 13.6. The minimum Gasteiger partial charge on any atom is -0.382 e. The van der Waals surface area contributed by atoms with E-state index in [9.17, 15) is 9.50 Å². The lowest BCUT2D eigenvalue weighted by atomic mass is 10.0. The molecule has 1 atom stereocenters. The maximum Gasteiger partial charge on any atom is 0.154 e. The summed E-state index contributed by atoms with van der Waals surface area (Å²) in [5.74, 6) is -0.448. The van der Waals surface area contributed by atoms with Crippen LogP contribution < -0.4 is 0 Å². The highest BCUT2D eigenvalue weighted by Crippen LogP contribution is 2.28. The monoisotopic (exact) mass is 299 g/mol. The van der Waals surface area contributed by atoms with Crippen LogP contribution in [0.3, 0.4) is 0 Å².